The molecule has 1 atom stereocenters. The minimum absolute atomic E-state index is 0.00951. The molecule has 0 saturated heterocycles. The number of aromatic nitrogens is 2. The largest absolute Gasteiger partial charge is 0.335 e. The summed E-state index contributed by atoms with van der Waals surface area (Å²) in [5.74, 6) is -0.568. The van der Waals surface area contributed by atoms with E-state index in [0.29, 0.717) is 11.9 Å². The molecule has 1 unspecified atom stereocenters. The number of nitrogens with one attached hydrogen (secondary N) is 1. The lowest BCUT2D eigenvalue weighted by Crippen LogP contribution is -2.33. The lowest BCUT2D eigenvalue weighted by Gasteiger charge is -2.07. The first-order chi connectivity index (χ1) is 9.88. The van der Waals surface area contributed by atoms with Crippen molar-refractivity contribution in [2.45, 2.75) is 24.5 Å². The minimum Gasteiger partial charge on any atom is -0.335 e. The fourth-order valence-electron chi connectivity index (χ4n) is 1.89. The number of rotatable bonds is 4. The summed E-state index contributed by atoms with van der Waals surface area (Å²) in [6, 6.07) is 6.24. The molecule has 2 rings (SSSR count). The van der Waals surface area contributed by atoms with Gasteiger partial charge in [-0.1, -0.05) is 13.0 Å². The lowest BCUT2D eigenvalue weighted by atomic mass is 10.2. The van der Waals surface area contributed by atoms with Crippen molar-refractivity contribution in [2.24, 2.45) is 0 Å². The molecular weight excluding hydrogens is 292 g/mol. The summed E-state index contributed by atoms with van der Waals surface area (Å²) in [7, 11) is -3.57. The van der Waals surface area contributed by atoms with Crippen LogP contribution < -0.4 is 5.32 Å². The maximum absolute atomic E-state index is 12.2. The molecule has 0 aliphatic rings. The zero-order chi connectivity index (χ0) is 15.6. The first-order valence-corrected chi connectivity index (χ1v) is 8.15. The monoisotopic (exact) mass is 306 g/mol. The third-order valence-corrected chi connectivity index (χ3v) is 3.88. The Morgan fingerprint density at radius 1 is 1.52 bits per heavy atom. The fraction of sp³-hybridized carbons (Fsp3) is 0.308. The Hall–Kier alpha value is -2.40. The van der Waals surface area contributed by atoms with Gasteiger partial charge in [-0.3, -0.25) is 9.20 Å². The standard InChI is InChI=1S/C13H14N4O3S/c1-3-9(8-14)15-12(18)11-10-6-4-5-7-17(10)13(16-11)21(2,19)20/h4-7,9H,3H2,1-2H3,(H,15,18). The molecule has 0 spiro atoms. The number of carbonyl (C=O) groups excluding carboxylic acids is 1. The van der Waals surface area contributed by atoms with E-state index in [0.717, 1.165) is 6.26 Å². The van der Waals surface area contributed by atoms with E-state index in [9.17, 15) is 13.2 Å². The highest BCUT2D eigenvalue weighted by atomic mass is 32.2. The Bertz CT molecular complexity index is 833. The van der Waals surface area contributed by atoms with Crippen molar-refractivity contribution in [3.63, 3.8) is 0 Å². The predicted molar refractivity (Wildman–Crippen MR) is 75.5 cm³/mol. The van der Waals surface area contributed by atoms with Crippen molar-refractivity contribution < 1.29 is 13.2 Å². The van der Waals surface area contributed by atoms with E-state index in [4.69, 9.17) is 5.26 Å². The van der Waals surface area contributed by atoms with Crippen LogP contribution in [0.1, 0.15) is 23.8 Å². The molecule has 0 bridgehead atoms. The van der Waals surface area contributed by atoms with Crippen LogP contribution in [0.4, 0.5) is 0 Å². The summed E-state index contributed by atoms with van der Waals surface area (Å²) in [6.07, 6.45) is 3.00. The van der Waals surface area contributed by atoms with E-state index in [1.165, 1.54) is 10.6 Å². The third kappa shape index (κ3) is 2.87. The average molecular weight is 306 g/mol. The van der Waals surface area contributed by atoms with Crippen molar-refractivity contribution in [1.29, 1.82) is 5.26 Å². The topological polar surface area (TPSA) is 104 Å². The first kappa shape index (κ1) is 15.0. The van der Waals surface area contributed by atoms with Gasteiger partial charge in [0.05, 0.1) is 11.6 Å². The van der Waals surface area contributed by atoms with Crippen LogP contribution in [-0.2, 0) is 9.84 Å². The van der Waals surface area contributed by atoms with E-state index in [2.05, 4.69) is 10.3 Å². The van der Waals surface area contributed by atoms with E-state index in [-0.39, 0.29) is 10.9 Å². The summed E-state index contributed by atoms with van der Waals surface area (Å²) in [5.41, 5.74) is 0.368. The van der Waals surface area contributed by atoms with Gasteiger partial charge >= 0.3 is 0 Å². The fourth-order valence-corrected chi connectivity index (χ4v) is 2.66. The van der Waals surface area contributed by atoms with Gasteiger partial charge in [-0.25, -0.2) is 13.4 Å². The van der Waals surface area contributed by atoms with Crippen LogP contribution in [0, 0.1) is 11.3 Å². The van der Waals surface area contributed by atoms with Gasteiger partial charge in [-0.2, -0.15) is 5.26 Å². The summed E-state index contributed by atoms with van der Waals surface area (Å²) < 4.78 is 24.8. The Morgan fingerprint density at radius 2 is 2.24 bits per heavy atom. The summed E-state index contributed by atoms with van der Waals surface area (Å²) in [6.45, 7) is 1.77. The zero-order valence-electron chi connectivity index (χ0n) is 11.6. The molecule has 2 aromatic rings. The van der Waals surface area contributed by atoms with Gasteiger partial charge in [-0.05, 0) is 18.6 Å². The van der Waals surface area contributed by atoms with Gasteiger partial charge < -0.3 is 5.32 Å². The SMILES string of the molecule is CCC(C#N)NC(=O)c1nc(S(C)(=O)=O)n2ccccc12. The van der Waals surface area contributed by atoms with Gasteiger partial charge in [0, 0.05) is 12.5 Å². The van der Waals surface area contributed by atoms with E-state index in [1.807, 2.05) is 6.07 Å². The molecule has 8 heteroatoms. The number of nitriles is 1. The van der Waals surface area contributed by atoms with E-state index in [1.54, 1.807) is 25.1 Å². The number of fused-ring (bicyclic) bond motifs is 1. The Balaban J connectivity index is 2.56. The number of amides is 1. The Kier molecular flexibility index (Phi) is 3.95. The number of hydrogen-bond acceptors (Lipinski definition) is 5. The molecule has 1 N–H and O–H groups in total. The van der Waals surface area contributed by atoms with Crippen molar-refractivity contribution >= 4 is 21.3 Å². The normalized spacial score (nSPS) is 12.8. The third-order valence-electron chi connectivity index (χ3n) is 2.93. The van der Waals surface area contributed by atoms with Gasteiger partial charge in [0.15, 0.2) is 5.69 Å². The van der Waals surface area contributed by atoms with Crippen LogP contribution in [0.3, 0.4) is 0 Å². The second-order valence-corrected chi connectivity index (χ2v) is 6.44. The van der Waals surface area contributed by atoms with Crippen LogP contribution in [0.25, 0.3) is 5.52 Å². The van der Waals surface area contributed by atoms with Crippen molar-refractivity contribution in [1.82, 2.24) is 14.7 Å². The van der Waals surface area contributed by atoms with Gasteiger partial charge in [0.1, 0.15) is 6.04 Å². The molecule has 2 heterocycles. The zero-order valence-corrected chi connectivity index (χ0v) is 12.4. The summed E-state index contributed by atoms with van der Waals surface area (Å²) >= 11 is 0. The van der Waals surface area contributed by atoms with E-state index >= 15 is 0 Å². The molecule has 0 aliphatic heterocycles. The van der Waals surface area contributed by atoms with Crippen LogP contribution in [0.2, 0.25) is 0 Å². The molecule has 1 amide bonds. The Labute approximate surface area is 122 Å². The number of carbonyl (C=O) groups is 1. The number of pyridine rings is 1. The number of nitrogens with zero attached hydrogens (tertiary/aromatic N) is 3. The van der Waals surface area contributed by atoms with Crippen LogP contribution in [0.15, 0.2) is 29.6 Å². The molecule has 2 aromatic heterocycles. The highest BCUT2D eigenvalue weighted by Gasteiger charge is 2.23. The maximum atomic E-state index is 12.2. The second-order valence-electron chi connectivity index (χ2n) is 4.53. The highest BCUT2D eigenvalue weighted by molar-refractivity contribution is 7.90. The molecular formula is C13H14N4O3S. The lowest BCUT2D eigenvalue weighted by molar-refractivity contribution is 0.0941. The molecule has 0 radical (unpaired) electrons. The molecule has 0 aromatic carbocycles. The average Bonchev–Trinajstić information content (AvgIpc) is 2.84. The summed E-state index contributed by atoms with van der Waals surface area (Å²) in [5, 5.41) is 11.2. The molecule has 0 aliphatic carbocycles. The van der Waals surface area contributed by atoms with Crippen LogP contribution in [0.5, 0.6) is 0 Å². The van der Waals surface area contributed by atoms with Gasteiger partial charge in [0.25, 0.3) is 5.91 Å². The van der Waals surface area contributed by atoms with Gasteiger partial charge in [-0.15, -0.1) is 0 Å². The molecule has 7 nitrogen and oxygen atoms in total. The molecule has 110 valence electrons. The quantitative estimate of drug-likeness (QED) is 0.898. The van der Waals surface area contributed by atoms with Gasteiger partial charge in [0.2, 0.25) is 15.0 Å². The molecule has 0 saturated carbocycles. The second kappa shape index (κ2) is 5.54. The van der Waals surface area contributed by atoms with E-state index < -0.39 is 21.8 Å². The minimum atomic E-state index is -3.57. The molecule has 21 heavy (non-hydrogen) atoms. The summed E-state index contributed by atoms with van der Waals surface area (Å²) in [4.78, 5) is 16.1. The molecule has 0 fully saturated rings. The van der Waals surface area contributed by atoms with Crippen LogP contribution >= 0.6 is 0 Å². The number of hydrogen-bond donors (Lipinski definition) is 1. The van der Waals surface area contributed by atoms with Crippen molar-refractivity contribution in [3.05, 3.63) is 30.1 Å². The Morgan fingerprint density at radius 3 is 2.81 bits per heavy atom. The van der Waals surface area contributed by atoms with Crippen molar-refractivity contribution in [2.75, 3.05) is 6.26 Å². The smallest absolute Gasteiger partial charge is 0.273 e. The highest BCUT2D eigenvalue weighted by Crippen LogP contribution is 2.17. The van der Waals surface area contributed by atoms with Crippen LogP contribution in [-0.4, -0.2) is 36.0 Å². The first-order valence-electron chi connectivity index (χ1n) is 6.26. The number of imidazole rings is 1. The number of sulfone groups is 1. The van der Waals surface area contributed by atoms with Crippen molar-refractivity contribution in [3.8, 4) is 6.07 Å². The maximum Gasteiger partial charge on any atom is 0.273 e. The predicted octanol–water partition coefficient (Wildman–Crippen LogP) is 0.770.